The molecule has 1 aromatic rings. The van der Waals surface area contributed by atoms with Gasteiger partial charge in [-0.25, -0.2) is 9.98 Å². The van der Waals surface area contributed by atoms with Crippen LogP contribution in [0.5, 0.6) is 11.5 Å². The molecule has 0 saturated carbocycles. The van der Waals surface area contributed by atoms with Gasteiger partial charge in [0.2, 0.25) is 5.84 Å². The molecule has 0 fully saturated rings. The zero-order valence-electron chi connectivity index (χ0n) is 15.3. The Balaban J connectivity index is 1.99. The Bertz CT molecular complexity index is 862. The van der Waals surface area contributed by atoms with Gasteiger partial charge in [-0.2, -0.15) is 0 Å². The number of hydrogen-bond donors (Lipinski definition) is 5. The summed E-state index contributed by atoms with van der Waals surface area (Å²) in [5.41, 5.74) is 7.94. The molecule has 2 aliphatic heterocycles. The number of rotatable bonds is 6. The third-order valence-electron chi connectivity index (χ3n) is 4.61. The molecule has 3 rings (SSSR count). The van der Waals surface area contributed by atoms with Crippen molar-refractivity contribution in [2.75, 3.05) is 6.61 Å². The zero-order valence-corrected chi connectivity index (χ0v) is 15.3. The Morgan fingerprint density at radius 1 is 1.15 bits per heavy atom. The van der Waals surface area contributed by atoms with Gasteiger partial charge in [0.15, 0.2) is 17.2 Å². The van der Waals surface area contributed by atoms with Gasteiger partial charge in [-0.1, -0.05) is 26.8 Å². The van der Waals surface area contributed by atoms with Crippen molar-refractivity contribution in [3.63, 3.8) is 0 Å². The largest absolute Gasteiger partial charge is 0.504 e. The first-order chi connectivity index (χ1) is 12.7. The molecule has 6 N–H and O–H groups in total. The summed E-state index contributed by atoms with van der Waals surface area (Å²) in [5, 5.41) is 43.6. The van der Waals surface area contributed by atoms with Crippen LogP contribution in [0.2, 0.25) is 0 Å². The number of amidine groups is 1. The molecule has 10 nitrogen and oxygen atoms in total. The molecule has 144 valence electrons. The molecule has 0 radical (unpaired) electrons. The van der Waals surface area contributed by atoms with Crippen molar-refractivity contribution in [1.82, 2.24) is 5.32 Å². The number of nitrogens with two attached hydrogens (primary N) is 1. The topological polar surface area (TPSA) is 161 Å². The van der Waals surface area contributed by atoms with Crippen LogP contribution in [-0.4, -0.2) is 51.1 Å². The highest BCUT2D eigenvalue weighted by molar-refractivity contribution is 6.70. The quantitative estimate of drug-likeness (QED) is 0.371. The van der Waals surface area contributed by atoms with Gasteiger partial charge in [-0.05, 0) is 28.8 Å². The maximum absolute atomic E-state index is 9.80. The lowest BCUT2D eigenvalue weighted by Crippen LogP contribution is -2.60. The second kappa shape index (κ2) is 7.14. The molecule has 0 spiro atoms. The van der Waals surface area contributed by atoms with Crippen LogP contribution >= 0.6 is 0 Å². The molecule has 0 aliphatic carbocycles. The van der Waals surface area contributed by atoms with Gasteiger partial charge in [-0.15, -0.1) is 10.2 Å². The van der Waals surface area contributed by atoms with E-state index in [2.05, 4.69) is 30.7 Å². The van der Waals surface area contributed by atoms with Crippen LogP contribution in [0.1, 0.15) is 32.3 Å². The van der Waals surface area contributed by atoms with Crippen molar-refractivity contribution in [2.45, 2.75) is 38.6 Å². The van der Waals surface area contributed by atoms with E-state index in [4.69, 9.17) is 5.73 Å². The molecule has 2 unspecified atom stereocenters. The number of nitrogens with zero attached hydrogens (tertiary/aromatic N) is 5. The van der Waals surface area contributed by atoms with Crippen LogP contribution in [0.15, 0.2) is 43.6 Å². The predicted octanol–water partition coefficient (Wildman–Crippen LogP) is 1.05. The summed E-state index contributed by atoms with van der Waals surface area (Å²) in [6, 6.07) is 4.20. The fraction of sp³-hybridized carbons (Fsp3) is 0.471. The Labute approximate surface area is 156 Å². The molecule has 10 heteroatoms. The van der Waals surface area contributed by atoms with E-state index >= 15 is 0 Å². The van der Waals surface area contributed by atoms with Crippen molar-refractivity contribution >= 4 is 17.3 Å². The molecule has 27 heavy (non-hydrogen) atoms. The summed E-state index contributed by atoms with van der Waals surface area (Å²) in [6.07, 6.45) is 0. The van der Waals surface area contributed by atoms with E-state index < -0.39 is 5.91 Å². The van der Waals surface area contributed by atoms with Crippen molar-refractivity contribution in [1.29, 1.82) is 0 Å². The maximum atomic E-state index is 9.80. The smallest absolute Gasteiger partial charge is 0.264 e. The second-order valence-corrected chi connectivity index (χ2v) is 6.94. The summed E-state index contributed by atoms with van der Waals surface area (Å²) in [6.45, 7) is 5.63. The van der Waals surface area contributed by atoms with Crippen molar-refractivity contribution in [3.8, 4) is 11.5 Å². The Morgan fingerprint density at radius 3 is 2.52 bits per heavy atom. The summed E-state index contributed by atoms with van der Waals surface area (Å²) in [4.78, 5) is 8.85. The van der Waals surface area contributed by atoms with Gasteiger partial charge < -0.3 is 15.3 Å². The van der Waals surface area contributed by atoms with Crippen LogP contribution in [0, 0.1) is 5.92 Å². The minimum Gasteiger partial charge on any atom is -0.504 e. The number of fused-ring (bicyclic) bond motifs is 1. The minimum absolute atomic E-state index is 0.0982. The van der Waals surface area contributed by atoms with Crippen LogP contribution < -0.4 is 11.1 Å². The van der Waals surface area contributed by atoms with E-state index in [1.807, 2.05) is 20.8 Å². The Kier molecular flexibility index (Phi) is 5.05. The standard InChI is InChI=1S/C17H23N7O3/c1-8(2)11(7-25)19-17(18)20-14(15-16(21-17)23-24-22-15)9(3)10-4-5-12(26)13(27)6-10/h4-6,8-9,11,19,25-27H,7,18H2,1-3H3/t9?,11-,17?/m0/s1. The average molecular weight is 373 g/mol. The van der Waals surface area contributed by atoms with Crippen molar-refractivity contribution in [3.05, 3.63) is 23.8 Å². The molecule has 0 saturated heterocycles. The SMILES string of the molecule is CC(C1=NC(N)(N[C@@H](CO)C(C)C)N=C2N=NN=C21)c1ccc(O)c(O)c1. The zero-order chi connectivity index (χ0) is 19.8. The van der Waals surface area contributed by atoms with Gasteiger partial charge in [-0.3, -0.25) is 11.1 Å². The lowest BCUT2D eigenvalue weighted by atomic mass is 9.91. The number of aromatic hydroxyl groups is 2. The summed E-state index contributed by atoms with van der Waals surface area (Å²) >= 11 is 0. The maximum Gasteiger partial charge on any atom is 0.264 e. The molecule has 2 heterocycles. The number of phenols is 2. The lowest BCUT2D eigenvalue weighted by molar-refractivity contribution is 0.173. The monoisotopic (exact) mass is 373 g/mol. The van der Waals surface area contributed by atoms with Gasteiger partial charge >= 0.3 is 0 Å². The molecule has 1 aromatic carbocycles. The molecular formula is C17H23N7O3. The van der Waals surface area contributed by atoms with Gasteiger partial charge in [0.25, 0.3) is 5.91 Å². The number of aliphatic hydroxyl groups is 1. The van der Waals surface area contributed by atoms with Crippen molar-refractivity contribution in [2.24, 2.45) is 37.1 Å². The molecule has 0 amide bonds. The molecule has 3 atom stereocenters. The van der Waals surface area contributed by atoms with E-state index in [1.165, 1.54) is 12.1 Å². The van der Waals surface area contributed by atoms with Gasteiger partial charge in [0.1, 0.15) is 0 Å². The van der Waals surface area contributed by atoms with Gasteiger partial charge in [0.05, 0.1) is 12.3 Å². The van der Waals surface area contributed by atoms with E-state index in [0.717, 1.165) is 0 Å². The third-order valence-corrected chi connectivity index (χ3v) is 4.61. The highest BCUT2D eigenvalue weighted by atomic mass is 16.3. The van der Waals surface area contributed by atoms with E-state index in [9.17, 15) is 15.3 Å². The fourth-order valence-corrected chi connectivity index (χ4v) is 2.90. The average Bonchev–Trinajstić information content (AvgIpc) is 3.08. The number of phenolic OH excluding ortho intramolecular Hbond substituents is 2. The normalized spacial score (nSPS) is 23.6. The summed E-state index contributed by atoms with van der Waals surface area (Å²) in [7, 11) is 0. The first-order valence-electron chi connectivity index (χ1n) is 8.62. The Morgan fingerprint density at radius 2 is 1.89 bits per heavy atom. The first-order valence-corrected chi connectivity index (χ1v) is 8.62. The minimum atomic E-state index is -1.53. The number of nitrogens with one attached hydrogen (secondary N) is 1. The number of aliphatic imine (C=N–C) groups is 2. The number of hydrogen-bond acceptors (Lipinski definition) is 10. The van der Waals surface area contributed by atoms with E-state index in [-0.39, 0.29) is 41.8 Å². The molecule has 0 bridgehead atoms. The Hall–Kier alpha value is -2.69. The summed E-state index contributed by atoms with van der Waals surface area (Å²) < 4.78 is 0. The van der Waals surface area contributed by atoms with Gasteiger partial charge in [0, 0.05) is 12.0 Å². The predicted molar refractivity (Wildman–Crippen MR) is 101 cm³/mol. The van der Waals surface area contributed by atoms with Crippen LogP contribution in [0.3, 0.4) is 0 Å². The summed E-state index contributed by atoms with van der Waals surface area (Å²) in [5.74, 6) is -1.95. The fourth-order valence-electron chi connectivity index (χ4n) is 2.90. The highest BCUT2D eigenvalue weighted by Gasteiger charge is 2.39. The van der Waals surface area contributed by atoms with Crippen LogP contribution in [0.25, 0.3) is 0 Å². The highest BCUT2D eigenvalue weighted by Crippen LogP contribution is 2.31. The third kappa shape index (κ3) is 3.72. The van der Waals surface area contributed by atoms with Crippen LogP contribution in [-0.2, 0) is 0 Å². The molecule has 0 aromatic heterocycles. The van der Waals surface area contributed by atoms with Crippen molar-refractivity contribution < 1.29 is 15.3 Å². The molecular weight excluding hydrogens is 350 g/mol. The second-order valence-electron chi connectivity index (χ2n) is 6.94. The number of aliphatic hydroxyl groups excluding tert-OH is 1. The van der Waals surface area contributed by atoms with E-state index in [0.29, 0.717) is 17.0 Å². The lowest BCUT2D eigenvalue weighted by Gasteiger charge is -2.33. The molecule has 2 aliphatic rings. The first kappa shape index (κ1) is 19.1. The van der Waals surface area contributed by atoms with Crippen LogP contribution in [0.4, 0.5) is 0 Å². The van der Waals surface area contributed by atoms with E-state index in [1.54, 1.807) is 6.07 Å². The number of benzene rings is 1.